The number of hydrogen-bond donors (Lipinski definition) is 1. The number of ether oxygens (including phenoxy) is 2. The lowest BCUT2D eigenvalue weighted by atomic mass is 9.71. The number of rotatable bonds is 10. The third-order valence-corrected chi connectivity index (χ3v) is 10.0. The van der Waals surface area contributed by atoms with Gasteiger partial charge >= 0.3 is 6.09 Å². The molecule has 2 aromatic carbocycles. The summed E-state index contributed by atoms with van der Waals surface area (Å²) in [6.07, 6.45) is 5.86. The summed E-state index contributed by atoms with van der Waals surface area (Å²) in [5.41, 5.74) is 5.47. The standard InChI is InChI=1S/C36H43N5O4Si/c1-35(2,3)45-34(42)40-36(18-10-19-36)27-15-13-26(14-16-27)32-30(25-11-8-7-9-12-25)31-33(44-32)37-23-28(39-31)29-17-20-38-41(29)24-43-21-22-46(4,5)6/h7-9,11-17,20,23H,10,18-19,21-22,24H2,1-6H3,(H,40,42). The number of benzene rings is 2. The molecule has 0 bridgehead atoms. The van der Waals surface area contributed by atoms with E-state index in [-0.39, 0.29) is 0 Å². The molecule has 240 valence electrons. The van der Waals surface area contributed by atoms with Crippen molar-refractivity contribution in [3.05, 3.63) is 78.6 Å². The molecule has 6 rings (SSSR count). The zero-order valence-electron chi connectivity index (χ0n) is 27.6. The number of nitrogens with zero attached hydrogens (tertiary/aromatic N) is 4. The number of amides is 1. The van der Waals surface area contributed by atoms with Gasteiger partial charge in [-0.1, -0.05) is 74.2 Å². The molecule has 1 saturated carbocycles. The molecule has 1 aliphatic carbocycles. The van der Waals surface area contributed by atoms with Crippen LogP contribution in [0.2, 0.25) is 25.7 Å². The van der Waals surface area contributed by atoms with Crippen LogP contribution in [0.1, 0.15) is 45.6 Å². The summed E-state index contributed by atoms with van der Waals surface area (Å²) < 4.78 is 19.8. The van der Waals surface area contributed by atoms with Gasteiger partial charge in [0.25, 0.3) is 0 Å². The van der Waals surface area contributed by atoms with Crippen molar-refractivity contribution in [2.24, 2.45) is 0 Å². The predicted octanol–water partition coefficient (Wildman–Crippen LogP) is 8.64. The third kappa shape index (κ3) is 6.93. The van der Waals surface area contributed by atoms with E-state index in [4.69, 9.17) is 23.9 Å². The number of carbonyl (C=O) groups is 1. The number of hydrogen-bond acceptors (Lipinski definition) is 7. The Kier molecular flexibility index (Phi) is 8.60. The molecule has 1 amide bonds. The van der Waals surface area contributed by atoms with Crippen LogP contribution in [0, 0.1) is 0 Å². The summed E-state index contributed by atoms with van der Waals surface area (Å²) in [7, 11) is -1.19. The molecule has 46 heavy (non-hydrogen) atoms. The van der Waals surface area contributed by atoms with E-state index in [0.717, 1.165) is 53.3 Å². The highest BCUT2D eigenvalue weighted by Crippen LogP contribution is 2.44. The lowest BCUT2D eigenvalue weighted by Gasteiger charge is -2.43. The molecule has 0 aliphatic heterocycles. The van der Waals surface area contributed by atoms with E-state index in [1.807, 2.05) is 61.9 Å². The first-order chi connectivity index (χ1) is 21.9. The van der Waals surface area contributed by atoms with Crippen molar-refractivity contribution >= 4 is 25.4 Å². The van der Waals surface area contributed by atoms with Crippen molar-refractivity contribution in [1.82, 2.24) is 25.1 Å². The summed E-state index contributed by atoms with van der Waals surface area (Å²) in [5.74, 6) is 0.691. The quantitative estimate of drug-likeness (QED) is 0.121. The molecular formula is C36H43N5O4Si. The van der Waals surface area contributed by atoms with Gasteiger partial charge in [0.1, 0.15) is 29.3 Å². The number of furan rings is 1. The van der Waals surface area contributed by atoms with E-state index >= 15 is 0 Å². The predicted molar refractivity (Wildman–Crippen MR) is 183 cm³/mol. The summed E-state index contributed by atoms with van der Waals surface area (Å²) in [4.78, 5) is 22.5. The van der Waals surface area contributed by atoms with Crippen molar-refractivity contribution in [2.45, 2.75) is 83.6 Å². The van der Waals surface area contributed by atoms with Crippen LogP contribution in [0.4, 0.5) is 4.79 Å². The van der Waals surface area contributed by atoms with Gasteiger partial charge in [-0.25, -0.2) is 19.4 Å². The first-order valence-electron chi connectivity index (χ1n) is 16.0. The summed E-state index contributed by atoms with van der Waals surface area (Å²) in [6.45, 7) is 13.7. The number of alkyl carbamates (subject to hydrolysis) is 1. The minimum Gasteiger partial charge on any atom is -0.444 e. The average Bonchev–Trinajstić information content (AvgIpc) is 3.61. The van der Waals surface area contributed by atoms with Crippen molar-refractivity contribution in [3.63, 3.8) is 0 Å². The van der Waals surface area contributed by atoms with E-state index in [0.29, 0.717) is 36.0 Å². The molecule has 5 aromatic rings. The minimum atomic E-state index is -1.19. The van der Waals surface area contributed by atoms with Gasteiger partial charge in [-0.05, 0) is 63.3 Å². The van der Waals surface area contributed by atoms with Gasteiger partial charge in [0.2, 0.25) is 5.71 Å². The van der Waals surface area contributed by atoms with Gasteiger partial charge in [0, 0.05) is 26.4 Å². The maximum Gasteiger partial charge on any atom is 0.408 e. The maximum absolute atomic E-state index is 12.7. The summed E-state index contributed by atoms with van der Waals surface area (Å²) in [5, 5.41) is 7.64. The van der Waals surface area contributed by atoms with Crippen molar-refractivity contribution in [3.8, 4) is 33.8 Å². The Balaban J connectivity index is 1.33. The monoisotopic (exact) mass is 637 g/mol. The second-order valence-corrected chi connectivity index (χ2v) is 19.9. The number of nitrogens with one attached hydrogen (secondary N) is 1. The molecule has 0 saturated heterocycles. The van der Waals surface area contributed by atoms with Crippen LogP contribution < -0.4 is 5.32 Å². The topological polar surface area (TPSA) is 104 Å². The average molecular weight is 638 g/mol. The van der Waals surface area contributed by atoms with Crippen LogP contribution in [0.25, 0.3) is 45.1 Å². The molecule has 1 aliphatic rings. The molecule has 0 spiro atoms. The molecule has 1 fully saturated rings. The van der Waals surface area contributed by atoms with Crippen LogP contribution in [0.3, 0.4) is 0 Å². The maximum atomic E-state index is 12.7. The van der Waals surface area contributed by atoms with Crippen molar-refractivity contribution < 1.29 is 18.7 Å². The zero-order chi connectivity index (χ0) is 32.5. The number of fused-ring (bicyclic) bond motifs is 1. The first kappa shape index (κ1) is 31.7. The van der Waals surface area contributed by atoms with Gasteiger partial charge in [0.05, 0.1) is 23.0 Å². The van der Waals surface area contributed by atoms with E-state index in [2.05, 4.69) is 54.3 Å². The van der Waals surface area contributed by atoms with Crippen molar-refractivity contribution in [2.75, 3.05) is 6.61 Å². The Hall–Kier alpha value is -4.28. The molecular weight excluding hydrogens is 595 g/mol. The fraction of sp³-hybridized carbons (Fsp3) is 0.389. The van der Waals surface area contributed by atoms with Gasteiger partial charge in [-0.2, -0.15) is 5.10 Å². The second-order valence-electron chi connectivity index (χ2n) is 14.3. The molecule has 0 atom stereocenters. The van der Waals surface area contributed by atoms with E-state index in [1.165, 1.54) is 0 Å². The Bertz CT molecular complexity index is 1810. The fourth-order valence-corrected chi connectivity index (χ4v) is 6.47. The molecule has 10 heteroatoms. The highest BCUT2D eigenvalue weighted by atomic mass is 28.3. The van der Waals surface area contributed by atoms with Gasteiger partial charge < -0.3 is 19.2 Å². The number of carbonyl (C=O) groups excluding carboxylic acids is 1. The van der Waals surface area contributed by atoms with Crippen LogP contribution >= 0.6 is 0 Å². The van der Waals surface area contributed by atoms with Crippen LogP contribution in [0.5, 0.6) is 0 Å². The third-order valence-electron chi connectivity index (χ3n) is 8.30. The summed E-state index contributed by atoms with van der Waals surface area (Å²) in [6, 6.07) is 21.4. The van der Waals surface area contributed by atoms with Gasteiger partial charge in [-0.15, -0.1) is 0 Å². The van der Waals surface area contributed by atoms with E-state index in [1.54, 1.807) is 12.4 Å². The molecule has 3 heterocycles. The van der Waals surface area contributed by atoms with Crippen LogP contribution in [-0.2, 0) is 21.7 Å². The lowest BCUT2D eigenvalue weighted by molar-refractivity contribution is 0.0377. The SMILES string of the molecule is CC(C)(C)OC(=O)NC1(c2ccc(-c3oc4ncc(-c5ccnn5COCC[Si](C)(C)C)nc4c3-c3ccccc3)cc2)CCC1. The van der Waals surface area contributed by atoms with E-state index < -0.39 is 25.3 Å². The first-order valence-corrected chi connectivity index (χ1v) is 19.7. The number of aromatic nitrogens is 4. The molecule has 9 nitrogen and oxygen atoms in total. The molecule has 3 aromatic heterocycles. The fourth-order valence-electron chi connectivity index (χ4n) is 5.71. The Morgan fingerprint density at radius 2 is 1.76 bits per heavy atom. The molecule has 0 unspecified atom stereocenters. The van der Waals surface area contributed by atoms with E-state index in [9.17, 15) is 4.79 Å². The smallest absolute Gasteiger partial charge is 0.408 e. The highest BCUT2D eigenvalue weighted by Gasteiger charge is 2.41. The second kappa shape index (κ2) is 12.5. The Morgan fingerprint density at radius 3 is 2.41 bits per heavy atom. The largest absolute Gasteiger partial charge is 0.444 e. The normalized spacial score (nSPS) is 14.7. The van der Waals surface area contributed by atoms with Gasteiger partial charge in [-0.3, -0.25) is 0 Å². The van der Waals surface area contributed by atoms with Crippen LogP contribution in [-0.4, -0.2) is 46.1 Å². The highest BCUT2D eigenvalue weighted by molar-refractivity contribution is 6.76. The summed E-state index contributed by atoms with van der Waals surface area (Å²) >= 11 is 0. The minimum absolute atomic E-state index is 0.353. The lowest BCUT2D eigenvalue weighted by Crippen LogP contribution is -2.52. The van der Waals surface area contributed by atoms with Gasteiger partial charge in [0.15, 0.2) is 0 Å². The van der Waals surface area contributed by atoms with Crippen molar-refractivity contribution in [1.29, 1.82) is 0 Å². The molecule has 0 radical (unpaired) electrons. The van der Waals surface area contributed by atoms with Crippen LogP contribution in [0.15, 0.2) is 77.5 Å². The molecule has 1 N–H and O–H groups in total. The Morgan fingerprint density at radius 1 is 1.02 bits per heavy atom. The zero-order valence-corrected chi connectivity index (χ0v) is 28.6. The Labute approximate surface area is 271 Å².